The molecule has 0 aromatic heterocycles. The first kappa shape index (κ1) is 26.2. The van der Waals surface area contributed by atoms with Crippen molar-refractivity contribution in [3.05, 3.63) is 180 Å². The highest BCUT2D eigenvalue weighted by Gasteiger charge is 2.39. The summed E-state index contributed by atoms with van der Waals surface area (Å²) in [6, 6.07) is 33.5. The maximum Gasteiger partial charge on any atom is 0.416 e. The molecular weight excluding hydrogens is 471 g/mol. The molecule has 0 heterocycles. The van der Waals surface area contributed by atoms with Gasteiger partial charge in [0.1, 0.15) is 5.92 Å². The van der Waals surface area contributed by atoms with Gasteiger partial charge in [0.2, 0.25) is 0 Å². The zero-order valence-corrected chi connectivity index (χ0v) is 19.6. The Morgan fingerprint density at radius 2 is 1.14 bits per heavy atom. The summed E-state index contributed by atoms with van der Waals surface area (Å²) in [7, 11) is 0. The van der Waals surface area contributed by atoms with Crippen LogP contribution in [0.3, 0.4) is 0 Å². The van der Waals surface area contributed by atoms with Crippen molar-refractivity contribution in [1.82, 2.24) is 0 Å². The second kappa shape index (κ2) is 11.9. The lowest BCUT2D eigenvalue weighted by molar-refractivity contribution is -0.138. The van der Waals surface area contributed by atoms with E-state index in [4.69, 9.17) is 0 Å². The van der Waals surface area contributed by atoms with Gasteiger partial charge < -0.3 is 0 Å². The topological polar surface area (TPSA) is 43.7 Å². The lowest BCUT2D eigenvalue weighted by Gasteiger charge is -2.28. The Bertz CT molecular complexity index is 1300. The van der Waals surface area contributed by atoms with Gasteiger partial charge in [-0.05, 0) is 34.7 Å². The maximum absolute atomic E-state index is 13.9. The van der Waals surface area contributed by atoms with Gasteiger partial charge in [0.15, 0.2) is 6.10 Å². The number of nitriles is 1. The predicted molar refractivity (Wildman–Crippen MR) is 135 cm³/mol. The average Bonchev–Trinajstić information content (AvgIpc) is 2.93. The molecule has 0 saturated heterocycles. The van der Waals surface area contributed by atoms with E-state index in [0.717, 1.165) is 6.07 Å². The third-order valence-corrected chi connectivity index (χ3v) is 5.72. The first-order valence-electron chi connectivity index (χ1n) is 11.5. The fourth-order valence-electron chi connectivity index (χ4n) is 3.95. The van der Waals surface area contributed by atoms with Crippen LogP contribution in [0.4, 0.5) is 13.2 Å². The van der Waals surface area contributed by atoms with Crippen LogP contribution in [0.15, 0.2) is 115 Å². The van der Waals surface area contributed by atoms with Crippen LogP contribution in [0, 0.1) is 48.0 Å². The van der Waals surface area contributed by atoms with Crippen LogP contribution in [0.1, 0.15) is 27.8 Å². The van der Waals surface area contributed by atoms with Crippen molar-refractivity contribution in [2.24, 2.45) is 0 Å². The van der Waals surface area contributed by atoms with E-state index in [2.05, 4.69) is 0 Å². The lowest BCUT2D eigenvalue weighted by Crippen LogP contribution is -2.21. The Morgan fingerprint density at radius 1 is 0.649 bits per heavy atom. The van der Waals surface area contributed by atoms with Crippen molar-refractivity contribution in [3.8, 4) is 6.07 Å². The Labute approximate surface area is 215 Å². The van der Waals surface area contributed by atoms with Gasteiger partial charge in [0, 0.05) is 18.3 Å². The summed E-state index contributed by atoms with van der Waals surface area (Å²) in [6.07, 6.45) is -1.87. The van der Waals surface area contributed by atoms with E-state index in [1.54, 1.807) is 91.3 Å². The first-order chi connectivity index (χ1) is 17.9. The highest BCUT2D eigenvalue weighted by molar-refractivity contribution is 5.65. The lowest BCUT2D eigenvalue weighted by atomic mass is 9.73. The van der Waals surface area contributed by atoms with Gasteiger partial charge in [-0.2, -0.15) is 18.4 Å². The first-order valence-corrected chi connectivity index (χ1v) is 11.5. The third kappa shape index (κ3) is 6.47. The van der Waals surface area contributed by atoms with Crippen molar-refractivity contribution in [2.45, 2.75) is 6.18 Å². The molecule has 4 rings (SSSR count). The smallest absolute Gasteiger partial charge is 0.220 e. The molecule has 181 valence electrons. The normalized spacial score (nSPS) is 11.9. The van der Waals surface area contributed by atoms with Gasteiger partial charge in [-0.1, -0.05) is 109 Å². The third-order valence-electron chi connectivity index (χ3n) is 5.72. The molecule has 0 atom stereocenters. The molecule has 0 spiro atoms. The van der Waals surface area contributed by atoms with Crippen molar-refractivity contribution < 1.29 is 18.3 Å². The highest BCUT2D eigenvalue weighted by atomic mass is 19.4. The van der Waals surface area contributed by atoms with E-state index in [1.807, 2.05) is 12.1 Å². The molecule has 4 aromatic rings. The fourth-order valence-corrected chi connectivity index (χ4v) is 3.95. The number of rotatable bonds is 9. The Kier molecular flexibility index (Phi) is 8.43. The van der Waals surface area contributed by atoms with Crippen LogP contribution in [-0.4, -0.2) is 0 Å². The molecular formula is C32H21F3NO. The molecule has 2 nitrogen and oxygen atoms in total. The fraction of sp³-hybridized carbons (Fsp3) is 0.0312. The number of nitrogens with zero attached hydrogens (tertiary/aromatic N) is 1. The van der Waals surface area contributed by atoms with Crippen molar-refractivity contribution in [3.63, 3.8) is 0 Å². The summed E-state index contributed by atoms with van der Waals surface area (Å²) in [6.45, 7) is 0. The van der Waals surface area contributed by atoms with E-state index < -0.39 is 11.7 Å². The minimum absolute atomic E-state index is 0.145. The van der Waals surface area contributed by atoms with Gasteiger partial charge in [-0.3, -0.25) is 0 Å². The Hall–Kier alpha value is -3.88. The Morgan fingerprint density at radius 3 is 1.68 bits per heavy atom. The van der Waals surface area contributed by atoms with Gasteiger partial charge in [-0.15, -0.1) is 0 Å². The van der Waals surface area contributed by atoms with E-state index >= 15 is 0 Å². The molecule has 0 unspecified atom stereocenters. The molecule has 0 aliphatic carbocycles. The zero-order chi connectivity index (χ0) is 26.3. The van der Waals surface area contributed by atoms with Gasteiger partial charge in [0.05, 0.1) is 11.6 Å². The minimum atomic E-state index is -4.65. The van der Waals surface area contributed by atoms with E-state index in [1.165, 1.54) is 24.6 Å². The standard InChI is InChI=1S/C32H21F3NO/c33-32(34,35)30-19-11-10-18-27(30)29(22-36)28(24-14-6-2-7-15-24)20-26(23-12-4-1-5-13-23)21-31(37)25-16-8-3-9-17-25/h1-21H. The van der Waals surface area contributed by atoms with Crippen LogP contribution in [-0.2, 0) is 11.3 Å². The minimum Gasteiger partial charge on any atom is -0.220 e. The number of halogens is 3. The molecule has 5 heteroatoms. The quantitative estimate of drug-likeness (QED) is 0.235. The molecule has 0 saturated carbocycles. The summed E-state index contributed by atoms with van der Waals surface area (Å²) in [5.41, 5.74) is 0.567. The van der Waals surface area contributed by atoms with E-state index in [9.17, 15) is 23.5 Å². The van der Waals surface area contributed by atoms with Gasteiger partial charge in [-0.25, -0.2) is 5.11 Å². The molecule has 4 aromatic carbocycles. The summed E-state index contributed by atoms with van der Waals surface area (Å²) in [5.74, 6) is 0.592. The number of hydrogen-bond donors (Lipinski definition) is 0. The van der Waals surface area contributed by atoms with E-state index in [-0.39, 0.29) is 23.5 Å². The molecule has 7 radical (unpaired) electrons. The second-order valence-electron chi connectivity index (χ2n) is 8.15. The molecule has 0 bridgehead atoms. The van der Waals surface area contributed by atoms with Gasteiger partial charge >= 0.3 is 6.18 Å². The van der Waals surface area contributed by atoms with Crippen LogP contribution in [0.5, 0.6) is 0 Å². The number of benzene rings is 4. The summed E-state index contributed by atoms with van der Waals surface area (Å²) < 4.78 is 41.7. The predicted octanol–water partition coefficient (Wildman–Crippen LogP) is 7.82. The van der Waals surface area contributed by atoms with Crippen LogP contribution >= 0.6 is 0 Å². The molecule has 0 N–H and O–H groups in total. The largest absolute Gasteiger partial charge is 0.416 e. The summed E-state index contributed by atoms with van der Waals surface area (Å²) >= 11 is 0. The van der Waals surface area contributed by atoms with Crippen molar-refractivity contribution in [2.75, 3.05) is 0 Å². The molecule has 0 fully saturated rings. The Balaban J connectivity index is 1.77. The van der Waals surface area contributed by atoms with Crippen LogP contribution < -0.4 is 0 Å². The van der Waals surface area contributed by atoms with E-state index in [0.29, 0.717) is 22.6 Å². The summed E-state index contributed by atoms with van der Waals surface area (Å²) in [5, 5.41) is 23.3. The van der Waals surface area contributed by atoms with Crippen molar-refractivity contribution >= 4 is 0 Å². The number of hydrogen-bond acceptors (Lipinski definition) is 1. The maximum atomic E-state index is 13.9. The van der Waals surface area contributed by atoms with Crippen LogP contribution in [0.25, 0.3) is 0 Å². The zero-order valence-electron chi connectivity index (χ0n) is 19.6. The summed E-state index contributed by atoms with van der Waals surface area (Å²) in [4.78, 5) is 0. The molecule has 0 aliphatic heterocycles. The van der Waals surface area contributed by atoms with Gasteiger partial charge in [0.25, 0.3) is 0 Å². The number of alkyl halides is 3. The molecule has 0 amide bonds. The SMILES string of the molecule is N#C[C]([C]([CH][C]([CH][C]([O])c1ccccc1)c1ccccc1)c1ccccc1)c1ccccc1C(F)(F)F. The average molecular weight is 493 g/mol. The second-order valence-corrected chi connectivity index (χ2v) is 8.15. The molecule has 0 aliphatic rings. The van der Waals surface area contributed by atoms with Crippen LogP contribution in [0.2, 0.25) is 0 Å². The highest BCUT2D eigenvalue weighted by Crippen LogP contribution is 2.43. The molecule has 37 heavy (non-hydrogen) atoms. The monoisotopic (exact) mass is 492 g/mol. The van der Waals surface area contributed by atoms with Crippen molar-refractivity contribution in [1.29, 1.82) is 5.26 Å².